The lowest BCUT2D eigenvalue weighted by molar-refractivity contribution is -0.153. The molecule has 2 fully saturated rings. The Balaban J connectivity index is 2.10. The molecule has 96 valence electrons. The molecule has 0 spiro atoms. The van der Waals surface area contributed by atoms with Gasteiger partial charge in [0, 0.05) is 12.0 Å². The second kappa shape index (κ2) is 4.67. The van der Waals surface area contributed by atoms with E-state index in [9.17, 15) is 9.59 Å². The minimum atomic E-state index is -0.852. The van der Waals surface area contributed by atoms with E-state index in [1.807, 2.05) is 6.92 Å². The Kier molecular flexibility index (Phi) is 3.40. The summed E-state index contributed by atoms with van der Waals surface area (Å²) >= 11 is 0. The zero-order valence-electron chi connectivity index (χ0n) is 10.4. The summed E-state index contributed by atoms with van der Waals surface area (Å²) in [7, 11) is 0. The molecule has 1 amide bonds. The Morgan fingerprint density at radius 3 is 2.41 bits per heavy atom. The Labute approximate surface area is 102 Å². The van der Waals surface area contributed by atoms with E-state index in [0.29, 0.717) is 13.0 Å². The van der Waals surface area contributed by atoms with Gasteiger partial charge in [0.15, 0.2) is 0 Å². The molecule has 1 atom stereocenters. The second-order valence-corrected chi connectivity index (χ2v) is 5.62. The summed E-state index contributed by atoms with van der Waals surface area (Å²) in [4.78, 5) is 25.2. The van der Waals surface area contributed by atoms with Crippen molar-refractivity contribution in [2.75, 3.05) is 6.54 Å². The van der Waals surface area contributed by atoms with Crippen molar-refractivity contribution in [2.24, 2.45) is 5.41 Å². The number of likely N-dealkylation sites (tertiary alicyclic amines) is 1. The highest BCUT2D eigenvalue weighted by molar-refractivity contribution is 5.87. The average Bonchev–Trinajstić information content (AvgIpc) is 2.77. The highest BCUT2D eigenvalue weighted by Crippen LogP contribution is 2.39. The predicted octanol–water partition coefficient (Wildman–Crippen LogP) is 2.03. The number of amides is 1. The van der Waals surface area contributed by atoms with Crippen molar-refractivity contribution in [3.63, 3.8) is 0 Å². The molecular formula is C13H21NO3. The van der Waals surface area contributed by atoms with Crippen molar-refractivity contribution in [2.45, 2.75) is 57.9 Å². The molecule has 0 aromatic heterocycles. The maximum atomic E-state index is 12.5. The molecule has 4 nitrogen and oxygen atoms in total. The summed E-state index contributed by atoms with van der Waals surface area (Å²) in [5.74, 6) is -0.780. The first-order valence-corrected chi connectivity index (χ1v) is 6.58. The van der Waals surface area contributed by atoms with Gasteiger partial charge < -0.3 is 10.0 Å². The average molecular weight is 239 g/mol. The second-order valence-electron chi connectivity index (χ2n) is 5.62. The maximum absolute atomic E-state index is 12.5. The Hall–Kier alpha value is -1.06. The minimum absolute atomic E-state index is 0.0714. The van der Waals surface area contributed by atoms with Crippen LogP contribution < -0.4 is 0 Å². The number of nitrogens with zero attached hydrogens (tertiary/aromatic N) is 1. The molecule has 0 aromatic rings. The SMILES string of the molecule is CC1(C(=O)N2CCC[C@@H]2C(=O)O)CCCCC1. The maximum Gasteiger partial charge on any atom is 0.326 e. The van der Waals surface area contributed by atoms with Gasteiger partial charge >= 0.3 is 5.97 Å². The molecule has 2 rings (SSSR count). The summed E-state index contributed by atoms with van der Waals surface area (Å²) in [5.41, 5.74) is -0.309. The van der Waals surface area contributed by atoms with Gasteiger partial charge in [-0.2, -0.15) is 0 Å². The van der Waals surface area contributed by atoms with Gasteiger partial charge in [0.05, 0.1) is 0 Å². The number of carboxylic acids is 1. The van der Waals surface area contributed by atoms with Crippen LogP contribution in [0.4, 0.5) is 0 Å². The van der Waals surface area contributed by atoms with Crippen LogP contribution >= 0.6 is 0 Å². The molecule has 1 aliphatic heterocycles. The van der Waals surface area contributed by atoms with Crippen LogP contribution in [-0.2, 0) is 9.59 Å². The number of hydrogen-bond acceptors (Lipinski definition) is 2. The van der Waals surface area contributed by atoms with E-state index in [-0.39, 0.29) is 11.3 Å². The number of carboxylic acid groups (broad SMARTS) is 1. The van der Waals surface area contributed by atoms with Crippen LogP contribution in [0, 0.1) is 5.41 Å². The third-order valence-corrected chi connectivity index (χ3v) is 4.27. The molecule has 1 N–H and O–H groups in total. The number of aliphatic carboxylic acids is 1. The van der Waals surface area contributed by atoms with Gasteiger partial charge in [-0.05, 0) is 25.7 Å². The normalized spacial score (nSPS) is 28.1. The first-order chi connectivity index (χ1) is 8.04. The molecule has 4 heteroatoms. The van der Waals surface area contributed by atoms with Crippen molar-refractivity contribution in [1.29, 1.82) is 0 Å². The molecule has 2 aliphatic rings. The van der Waals surface area contributed by atoms with Crippen LogP contribution in [0.1, 0.15) is 51.9 Å². The fourth-order valence-electron chi connectivity index (χ4n) is 3.16. The van der Waals surface area contributed by atoms with E-state index in [0.717, 1.165) is 32.1 Å². The summed E-state index contributed by atoms with van der Waals surface area (Å²) < 4.78 is 0. The smallest absolute Gasteiger partial charge is 0.326 e. The zero-order chi connectivity index (χ0) is 12.5. The van der Waals surface area contributed by atoms with Crippen LogP contribution in [-0.4, -0.2) is 34.5 Å². The van der Waals surface area contributed by atoms with Gasteiger partial charge in [0.2, 0.25) is 5.91 Å². The first-order valence-electron chi connectivity index (χ1n) is 6.58. The van der Waals surface area contributed by atoms with Gasteiger partial charge in [0.25, 0.3) is 0 Å². The van der Waals surface area contributed by atoms with Crippen LogP contribution in [0.15, 0.2) is 0 Å². The minimum Gasteiger partial charge on any atom is -0.480 e. The van der Waals surface area contributed by atoms with Crippen molar-refractivity contribution in [1.82, 2.24) is 4.90 Å². The lowest BCUT2D eigenvalue weighted by Gasteiger charge is -2.37. The van der Waals surface area contributed by atoms with Crippen molar-refractivity contribution in [3.05, 3.63) is 0 Å². The molecule has 1 aliphatic carbocycles. The molecule has 1 saturated carbocycles. The van der Waals surface area contributed by atoms with E-state index in [2.05, 4.69) is 0 Å². The van der Waals surface area contributed by atoms with Crippen LogP contribution in [0.2, 0.25) is 0 Å². The third-order valence-electron chi connectivity index (χ3n) is 4.27. The van der Waals surface area contributed by atoms with E-state index < -0.39 is 12.0 Å². The van der Waals surface area contributed by atoms with Crippen LogP contribution in [0.25, 0.3) is 0 Å². The molecule has 1 saturated heterocycles. The van der Waals surface area contributed by atoms with Crippen molar-refractivity contribution in [3.8, 4) is 0 Å². The van der Waals surface area contributed by atoms with Crippen LogP contribution in [0.5, 0.6) is 0 Å². The first kappa shape index (κ1) is 12.4. The molecule has 1 heterocycles. The fourth-order valence-corrected chi connectivity index (χ4v) is 3.16. The van der Waals surface area contributed by atoms with Crippen molar-refractivity contribution >= 4 is 11.9 Å². The lowest BCUT2D eigenvalue weighted by Crippen LogP contribution is -2.48. The zero-order valence-corrected chi connectivity index (χ0v) is 10.4. The van der Waals surface area contributed by atoms with E-state index in [1.54, 1.807) is 4.90 Å². The Bertz CT molecular complexity index is 321. The van der Waals surface area contributed by atoms with Gasteiger partial charge in [-0.15, -0.1) is 0 Å². The number of hydrogen-bond donors (Lipinski definition) is 1. The van der Waals surface area contributed by atoms with E-state index in [4.69, 9.17) is 5.11 Å². The molecule has 0 bridgehead atoms. The van der Waals surface area contributed by atoms with E-state index in [1.165, 1.54) is 6.42 Å². The van der Waals surface area contributed by atoms with Gasteiger partial charge in [-0.3, -0.25) is 4.79 Å². The molecular weight excluding hydrogens is 218 g/mol. The quantitative estimate of drug-likeness (QED) is 0.802. The highest BCUT2D eigenvalue weighted by Gasteiger charge is 2.43. The standard InChI is InChI=1S/C13H21NO3/c1-13(7-3-2-4-8-13)12(17)14-9-5-6-10(14)11(15)16/h10H,2-9H2,1H3,(H,15,16)/t10-/m1/s1. The fraction of sp³-hybridized carbons (Fsp3) is 0.846. The molecule has 0 radical (unpaired) electrons. The van der Waals surface area contributed by atoms with Gasteiger partial charge in [-0.25, -0.2) is 4.79 Å². The topological polar surface area (TPSA) is 57.6 Å². The summed E-state index contributed by atoms with van der Waals surface area (Å²) in [5, 5.41) is 9.12. The largest absolute Gasteiger partial charge is 0.480 e. The monoisotopic (exact) mass is 239 g/mol. The third kappa shape index (κ3) is 2.31. The molecule has 0 unspecified atom stereocenters. The summed E-state index contributed by atoms with van der Waals surface area (Å²) in [6, 6.07) is -0.582. The Morgan fingerprint density at radius 2 is 1.82 bits per heavy atom. The van der Waals surface area contributed by atoms with Crippen LogP contribution in [0.3, 0.4) is 0 Å². The predicted molar refractivity (Wildman–Crippen MR) is 63.6 cm³/mol. The van der Waals surface area contributed by atoms with Gasteiger partial charge in [0.1, 0.15) is 6.04 Å². The lowest BCUT2D eigenvalue weighted by atomic mass is 9.74. The Morgan fingerprint density at radius 1 is 1.18 bits per heavy atom. The molecule has 0 aromatic carbocycles. The number of carbonyl (C=O) groups is 2. The summed E-state index contributed by atoms with van der Waals surface area (Å²) in [6.07, 6.45) is 6.63. The number of carbonyl (C=O) groups excluding carboxylic acids is 1. The highest BCUT2D eigenvalue weighted by atomic mass is 16.4. The molecule has 17 heavy (non-hydrogen) atoms. The van der Waals surface area contributed by atoms with Gasteiger partial charge in [-0.1, -0.05) is 26.2 Å². The summed E-state index contributed by atoms with van der Waals surface area (Å²) in [6.45, 7) is 2.62. The number of rotatable bonds is 2. The van der Waals surface area contributed by atoms with E-state index >= 15 is 0 Å². The van der Waals surface area contributed by atoms with Crippen molar-refractivity contribution < 1.29 is 14.7 Å².